The van der Waals surface area contributed by atoms with Gasteiger partial charge in [-0.1, -0.05) is 46.1 Å². The van der Waals surface area contributed by atoms with E-state index in [9.17, 15) is 0 Å². The van der Waals surface area contributed by atoms with Gasteiger partial charge in [0, 0.05) is 11.9 Å². The van der Waals surface area contributed by atoms with Crippen molar-refractivity contribution in [2.75, 3.05) is 0 Å². The number of nitrogens with zero attached hydrogens (tertiary/aromatic N) is 1. The van der Waals surface area contributed by atoms with Crippen LogP contribution in [0.1, 0.15) is 70.1 Å². The standard InChI is InChI=1S/C16H27N/c1-5-13(3)8-7-9-15(6-2)16-11-10-14(4)17-12-16/h10-13,15H,5-9H2,1-4H3. The first-order valence-corrected chi connectivity index (χ1v) is 7.09. The zero-order valence-corrected chi connectivity index (χ0v) is 11.9. The number of aromatic nitrogens is 1. The highest BCUT2D eigenvalue weighted by Crippen LogP contribution is 2.26. The Balaban J connectivity index is 2.45. The average Bonchev–Trinajstić information content (AvgIpc) is 2.35. The number of pyridine rings is 1. The Kier molecular flexibility index (Phi) is 6.25. The lowest BCUT2D eigenvalue weighted by Gasteiger charge is -2.16. The van der Waals surface area contributed by atoms with Crippen LogP contribution in [-0.4, -0.2) is 4.98 Å². The van der Waals surface area contributed by atoms with Crippen molar-refractivity contribution in [3.8, 4) is 0 Å². The van der Waals surface area contributed by atoms with Gasteiger partial charge in [-0.25, -0.2) is 0 Å². The van der Waals surface area contributed by atoms with Crippen LogP contribution >= 0.6 is 0 Å². The number of aryl methyl sites for hydroxylation is 1. The minimum Gasteiger partial charge on any atom is -0.261 e. The molecule has 0 N–H and O–H groups in total. The molecule has 17 heavy (non-hydrogen) atoms. The first-order valence-electron chi connectivity index (χ1n) is 7.09. The van der Waals surface area contributed by atoms with Crippen LogP contribution in [0.3, 0.4) is 0 Å². The molecule has 1 heteroatoms. The van der Waals surface area contributed by atoms with Gasteiger partial charge in [0.2, 0.25) is 0 Å². The molecular weight excluding hydrogens is 206 g/mol. The Morgan fingerprint density at radius 1 is 1.12 bits per heavy atom. The van der Waals surface area contributed by atoms with E-state index in [0.29, 0.717) is 5.92 Å². The van der Waals surface area contributed by atoms with E-state index in [1.54, 1.807) is 0 Å². The van der Waals surface area contributed by atoms with Crippen LogP contribution in [0.4, 0.5) is 0 Å². The van der Waals surface area contributed by atoms with Crippen molar-refractivity contribution >= 4 is 0 Å². The van der Waals surface area contributed by atoms with E-state index in [1.165, 1.54) is 37.7 Å². The molecule has 2 unspecified atom stereocenters. The second-order valence-corrected chi connectivity index (χ2v) is 5.28. The van der Waals surface area contributed by atoms with Crippen LogP contribution in [0.15, 0.2) is 18.3 Å². The molecule has 1 aromatic rings. The summed E-state index contributed by atoms with van der Waals surface area (Å²) in [4.78, 5) is 4.41. The molecule has 0 radical (unpaired) electrons. The molecule has 1 aromatic heterocycles. The highest BCUT2D eigenvalue weighted by Gasteiger charge is 2.10. The molecule has 1 rings (SSSR count). The van der Waals surface area contributed by atoms with Crippen molar-refractivity contribution in [3.05, 3.63) is 29.6 Å². The quantitative estimate of drug-likeness (QED) is 0.638. The summed E-state index contributed by atoms with van der Waals surface area (Å²) in [5.74, 6) is 1.58. The summed E-state index contributed by atoms with van der Waals surface area (Å²) in [6.07, 6.45) is 8.63. The van der Waals surface area contributed by atoms with Crippen molar-refractivity contribution < 1.29 is 0 Å². The number of hydrogen-bond donors (Lipinski definition) is 0. The highest BCUT2D eigenvalue weighted by molar-refractivity contribution is 5.17. The van der Waals surface area contributed by atoms with Gasteiger partial charge in [-0.2, -0.15) is 0 Å². The van der Waals surface area contributed by atoms with E-state index >= 15 is 0 Å². The molecule has 0 spiro atoms. The predicted octanol–water partition coefficient (Wildman–Crippen LogP) is 5.10. The first kappa shape index (κ1) is 14.2. The Bertz CT molecular complexity index is 302. The fourth-order valence-corrected chi connectivity index (χ4v) is 2.24. The molecule has 0 bridgehead atoms. The summed E-state index contributed by atoms with van der Waals surface area (Å²) in [6, 6.07) is 4.38. The zero-order valence-electron chi connectivity index (χ0n) is 11.9. The fraction of sp³-hybridized carbons (Fsp3) is 0.688. The van der Waals surface area contributed by atoms with Crippen molar-refractivity contribution in [3.63, 3.8) is 0 Å². The van der Waals surface area contributed by atoms with E-state index in [4.69, 9.17) is 0 Å². The highest BCUT2D eigenvalue weighted by atomic mass is 14.7. The lowest BCUT2D eigenvalue weighted by molar-refractivity contribution is 0.458. The van der Waals surface area contributed by atoms with Crippen molar-refractivity contribution in [2.45, 2.75) is 65.7 Å². The molecule has 1 nitrogen and oxygen atoms in total. The lowest BCUT2D eigenvalue weighted by atomic mass is 9.90. The summed E-state index contributed by atoms with van der Waals surface area (Å²) >= 11 is 0. The third kappa shape index (κ3) is 4.89. The van der Waals surface area contributed by atoms with E-state index < -0.39 is 0 Å². The maximum atomic E-state index is 4.41. The summed E-state index contributed by atoms with van der Waals surface area (Å²) in [7, 11) is 0. The molecule has 0 saturated heterocycles. The van der Waals surface area contributed by atoms with E-state index in [1.807, 2.05) is 6.92 Å². The van der Waals surface area contributed by atoms with Gasteiger partial charge in [-0.15, -0.1) is 0 Å². The van der Waals surface area contributed by atoms with E-state index in [2.05, 4.69) is 44.1 Å². The van der Waals surface area contributed by atoms with Crippen LogP contribution in [0.2, 0.25) is 0 Å². The molecule has 0 saturated carbocycles. The molecule has 1 heterocycles. The van der Waals surface area contributed by atoms with Gasteiger partial charge < -0.3 is 0 Å². The minimum atomic E-state index is 0.701. The molecule has 96 valence electrons. The van der Waals surface area contributed by atoms with Crippen LogP contribution in [0.5, 0.6) is 0 Å². The number of rotatable bonds is 7. The Hall–Kier alpha value is -0.850. The Labute approximate surface area is 107 Å². The second-order valence-electron chi connectivity index (χ2n) is 5.28. The Morgan fingerprint density at radius 3 is 2.41 bits per heavy atom. The lowest BCUT2D eigenvalue weighted by Crippen LogP contribution is -2.00. The normalized spacial score (nSPS) is 14.6. The van der Waals surface area contributed by atoms with Gasteiger partial charge in [0.25, 0.3) is 0 Å². The largest absolute Gasteiger partial charge is 0.261 e. The van der Waals surface area contributed by atoms with Gasteiger partial charge in [0.05, 0.1) is 0 Å². The summed E-state index contributed by atoms with van der Waals surface area (Å²) in [5, 5.41) is 0. The maximum absolute atomic E-state index is 4.41. The molecule has 2 atom stereocenters. The van der Waals surface area contributed by atoms with E-state index in [-0.39, 0.29) is 0 Å². The van der Waals surface area contributed by atoms with Gasteiger partial charge in [0.1, 0.15) is 0 Å². The fourth-order valence-electron chi connectivity index (χ4n) is 2.24. The van der Waals surface area contributed by atoms with Crippen LogP contribution in [-0.2, 0) is 0 Å². The van der Waals surface area contributed by atoms with Crippen molar-refractivity contribution in [1.82, 2.24) is 4.98 Å². The molecule has 0 aliphatic heterocycles. The molecule has 0 aliphatic carbocycles. The monoisotopic (exact) mass is 233 g/mol. The van der Waals surface area contributed by atoms with Gasteiger partial charge >= 0.3 is 0 Å². The number of hydrogen-bond acceptors (Lipinski definition) is 1. The Morgan fingerprint density at radius 2 is 1.88 bits per heavy atom. The van der Waals surface area contributed by atoms with Crippen LogP contribution < -0.4 is 0 Å². The molecule has 0 amide bonds. The third-order valence-corrected chi connectivity index (χ3v) is 3.84. The minimum absolute atomic E-state index is 0.701. The van der Waals surface area contributed by atoms with Crippen molar-refractivity contribution in [2.24, 2.45) is 5.92 Å². The molecule has 0 aromatic carbocycles. The topological polar surface area (TPSA) is 12.9 Å². The summed E-state index contributed by atoms with van der Waals surface area (Å²) in [6.45, 7) is 8.97. The van der Waals surface area contributed by atoms with Crippen LogP contribution in [0.25, 0.3) is 0 Å². The third-order valence-electron chi connectivity index (χ3n) is 3.84. The molecule has 0 aliphatic rings. The van der Waals surface area contributed by atoms with Gasteiger partial charge in [0.15, 0.2) is 0 Å². The predicted molar refractivity (Wildman–Crippen MR) is 75.3 cm³/mol. The first-order chi connectivity index (χ1) is 8.17. The summed E-state index contributed by atoms with van der Waals surface area (Å²) < 4.78 is 0. The average molecular weight is 233 g/mol. The molecule has 0 fully saturated rings. The van der Waals surface area contributed by atoms with Crippen molar-refractivity contribution in [1.29, 1.82) is 0 Å². The second kappa shape index (κ2) is 7.47. The smallest absolute Gasteiger partial charge is 0.0372 e. The maximum Gasteiger partial charge on any atom is 0.0372 e. The summed E-state index contributed by atoms with van der Waals surface area (Å²) in [5.41, 5.74) is 2.53. The van der Waals surface area contributed by atoms with Crippen LogP contribution in [0, 0.1) is 12.8 Å². The molecular formula is C16H27N. The van der Waals surface area contributed by atoms with E-state index in [0.717, 1.165) is 11.6 Å². The van der Waals surface area contributed by atoms with Gasteiger partial charge in [-0.05, 0) is 43.2 Å². The SMILES string of the molecule is CCC(C)CCCC(CC)c1ccc(C)nc1. The van der Waals surface area contributed by atoms with Gasteiger partial charge in [-0.3, -0.25) is 4.98 Å². The zero-order chi connectivity index (χ0) is 12.7.